The molecule has 17 heavy (non-hydrogen) atoms. The summed E-state index contributed by atoms with van der Waals surface area (Å²) in [5.41, 5.74) is 1.86. The molecule has 0 saturated heterocycles. The van der Waals surface area contributed by atoms with Crippen LogP contribution >= 0.6 is 0 Å². The van der Waals surface area contributed by atoms with Crippen LogP contribution in [-0.2, 0) is 18.4 Å². The van der Waals surface area contributed by atoms with Crippen LogP contribution in [0.1, 0.15) is 5.56 Å². The van der Waals surface area contributed by atoms with Gasteiger partial charge < -0.3 is 19.7 Å². The zero-order valence-corrected chi connectivity index (χ0v) is 9.71. The number of aryl methyl sites for hydroxylation is 1. The topological polar surface area (TPSA) is 46.4 Å². The molecule has 90 valence electrons. The summed E-state index contributed by atoms with van der Waals surface area (Å²) < 4.78 is 7.17. The average Bonchev–Trinajstić information content (AvgIpc) is 2.73. The van der Waals surface area contributed by atoms with Crippen molar-refractivity contribution in [2.45, 2.75) is 13.0 Å². The van der Waals surface area contributed by atoms with Gasteiger partial charge in [-0.1, -0.05) is 30.3 Å². The highest BCUT2D eigenvalue weighted by Crippen LogP contribution is 2.09. The van der Waals surface area contributed by atoms with Gasteiger partial charge in [0.1, 0.15) is 0 Å². The molecule has 0 radical (unpaired) electrons. The molecule has 0 aliphatic rings. The molecule has 4 nitrogen and oxygen atoms in total. The van der Waals surface area contributed by atoms with E-state index in [1.54, 1.807) is 0 Å². The van der Waals surface area contributed by atoms with Crippen LogP contribution in [0, 0.1) is 0 Å². The molecule has 1 aromatic heterocycles. The third-order valence-corrected chi connectivity index (χ3v) is 2.37. The summed E-state index contributed by atoms with van der Waals surface area (Å²) in [6, 6.07) is 11.6. The van der Waals surface area contributed by atoms with Gasteiger partial charge in [-0.25, -0.2) is 0 Å². The summed E-state index contributed by atoms with van der Waals surface area (Å²) >= 11 is 0. The fraction of sp³-hybridized carbons (Fsp3) is 0.231. The molecule has 1 aromatic carbocycles. The molecule has 0 fully saturated rings. The summed E-state index contributed by atoms with van der Waals surface area (Å²) in [5.74, 6) is 0. The van der Waals surface area contributed by atoms with Crippen LogP contribution in [-0.4, -0.2) is 16.1 Å². The molecule has 0 spiro atoms. The Kier molecular flexibility index (Phi) is 3.80. The Morgan fingerprint density at radius 2 is 2.06 bits per heavy atom. The number of hydrogen-bond donors (Lipinski definition) is 2. The van der Waals surface area contributed by atoms with E-state index in [1.807, 2.05) is 60.4 Å². The second-order valence-corrected chi connectivity index (χ2v) is 3.86. The third-order valence-electron chi connectivity index (χ3n) is 2.37. The van der Waals surface area contributed by atoms with E-state index in [-0.39, 0.29) is 0 Å². The molecule has 0 amide bonds. The number of rotatable bonds is 5. The van der Waals surface area contributed by atoms with Crippen LogP contribution in [0.15, 0.2) is 48.8 Å². The summed E-state index contributed by atoms with van der Waals surface area (Å²) in [7, 11) is 1.92. The van der Waals surface area contributed by atoms with E-state index in [4.69, 9.17) is 4.74 Å². The van der Waals surface area contributed by atoms with Crippen LogP contribution in [0.2, 0.25) is 0 Å². The van der Waals surface area contributed by atoms with E-state index in [0.717, 1.165) is 11.3 Å². The van der Waals surface area contributed by atoms with Crippen LogP contribution in [0.3, 0.4) is 0 Å². The highest BCUT2D eigenvalue weighted by molar-refractivity contribution is 5.40. The summed E-state index contributed by atoms with van der Waals surface area (Å²) in [6.07, 6.45) is 2.76. The summed E-state index contributed by atoms with van der Waals surface area (Å²) in [5, 5.41) is 12.5. The number of anilines is 1. The van der Waals surface area contributed by atoms with Crippen LogP contribution in [0.25, 0.3) is 0 Å². The van der Waals surface area contributed by atoms with Crippen molar-refractivity contribution in [1.29, 1.82) is 0 Å². The first-order valence-corrected chi connectivity index (χ1v) is 5.46. The number of ether oxygens (including phenoxy) is 1. The van der Waals surface area contributed by atoms with Gasteiger partial charge in [-0.15, -0.1) is 0 Å². The van der Waals surface area contributed by atoms with E-state index in [2.05, 4.69) is 5.32 Å². The lowest BCUT2D eigenvalue weighted by atomic mass is 10.2. The molecular formula is C13H16N2O2. The average molecular weight is 232 g/mol. The first kappa shape index (κ1) is 11.7. The Bertz CT molecular complexity index is 453. The van der Waals surface area contributed by atoms with Crippen molar-refractivity contribution in [3.05, 3.63) is 54.4 Å². The molecule has 1 heterocycles. The van der Waals surface area contributed by atoms with Gasteiger partial charge in [-0.05, 0) is 11.6 Å². The molecule has 0 saturated carbocycles. The van der Waals surface area contributed by atoms with Crippen molar-refractivity contribution in [1.82, 2.24) is 4.57 Å². The van der Waals surface area contributed by atoms with Gasteiger partial charge in [-0.3, -0.25) is 0 Å². The zero-order chi connectivity index (χ0) is 12.1. The number of nitrogens with zero attached hydrogens (tertiary/aromatic N) is 1. The molecule has 2 N–H and O–H groups in total. The minimum Gasteiger partial charge on any atom is -0.355 e. The SMILES string of the molecule is Cn1ccc(NC(O)OCc2ccccc2)c1. The van der Waals surface area contributed by atoms with Crippen molar-refractivity contribution >= 4 is 5.69 Å². The maximum atomic E-state index is 9.63. The molecule has 2 rings (SSSR count). The monoisotopic (exact) mass is 232 g/mol. The molecule has 1 atom stereocenters. The summed E-state index contributed by atoms with van der Waals surface area (Å²) in [6.45, 7) is 0.377. The van der Waals surface area contributed by atoms with Crippen LogP contribution in [0.4, 0.5) is 5.69 Å². The van der Waals surface area contributed by atoms with E-state index < -0.39 is 6.41 Å². The minimum absolute atomic E-state index is 0.377. The first-order valence-electron chi connectivity index (χ1n) is 5.46. The lowest BCUT2D eigenvalue weighted by Gasteiger charge is -2.13. The Morgan fingerprint density at radius 1 is 1.29 bits per heavy atom. The van der Waals surface area contributed by atoms with Gasteiger partial charge in [0, 0.05) is 19.4 Å². The number of hydrogen-bond acceptors (Lipinski definition) is 3. The normalized spacial score (nSPS) is 12.4. The van der Waals surface area contributed by atoms with Crippen molar-refractivity contribution in [3.8, 4) is 0 Å². The Balaban J connectivity index is 1.80. The molecule has 0 aliphatic heterocycles. The number of aliphatic hydroxyl groups is 1. The Hall–Kier alpha value is -1.78. The fourth-order valence-electron chi connectivity index (χ4n) is 1.52. The number of aromatic nitrogens is 1. The van der Waals surface area contributed by atoms with Gasteiger partial charge in [0.25, 0.3) is 0 Å². The van der Waals surface area contributed by atoms with Crippen LogP contribution < -0.4 is 5.32 Å². The number of aliphatic hydroxyl groups excluding tert-OH is 1. The maximum absolute atomic E-state index is 9.63. The van der Waals surface area contributed by atoms with Crippen LogP contribution in [0.5, 0.6) is 0 Å². The van der Waals surface area contributed by atoms with Crippen molar-refractivity contribution in [2.75, 3.05) is 5.32 Å². The second-order valence-electron chi connectivity index (χ2n) is 3.86. The van der Waals surface area contributed by atoms with Crippen molar-refractivity contribution in [2.24, 2.45) is 7.05 Å². The van der Waals surface area contributed by atoms with Gasteiger partial charge in [0.2, 0.25) is 6.41 Å². The lowest BCUT2D eigenvalue weighted by Crippen LogP contribution is -2.21. The highest BCUT2D eigenvalue weighted by atomic mass is 16.6. The minimum atomic E-state index is -1.00. The standard InChI is InChI=1S/C13H16N2O2/c1-15-8-7-12(9-15)14-13(16)17-10-11-5-3-2-4-6-11/h2-9,13-14,16H,10H2,1H3. The number of benzene rings is 1. The smallest absolute Gasteiger partial charge is 0.235 e. The molecule has 0 aliphatic carbocycles. The maximum Gasteiger partial charge on any atom is 0.235 e. The van der Waals surface area contributed by atoms with E-state index >= 15 is 0 Å². The predicted molar refractivity (Wildman–Crippen MR) is 66.3 cm³/mol. The van der Waals surface area contributed by atoms with Gasteiger partial charge >= 0.3 is 0 Å². The second kappa shape index (κ2) is 5.52. The van der Waals surface area contributed by atoms with Crippen molar-refractivity contribution in [3.63, 3.8) is 0 Å². The zero-order valence-electron chi connectivity index (χ0n) is 9.71. The third kappa shape index (κ3) is 3.62. The highest BCUT2D eigenvalue weighted by Gasteiger charge is 2.04. The molecular weight excluding hydrogens is 216 g/mol. The molecule has 4 heteroatoms. The van der Waals surface area contributed by atoms with Gasteiger partial charge in [0.15, 0.2) is 0 Å². The van der Waals surface area contributed by atoms with E-state index in [1.165, 1.54) is 0 Å². The quantitative estimate of drug-likeness (QED) is 0.774. The van der Waals surface area contributed by atoms with E-state index in [9.17, 15) is 5.11 Å². The molecule has 1 unspecified atom stereocenters. The van der Waals surface area contributed by atoms with Gasteiger partial charge in [-0.2, -0.15) is 0 Å². The lowest BCUT2D eigenvalue weighted by molar-refractivity contribution is -0.0871. The summed E-state index contributed by atoms with van der Waals surface area (Å²) in [4.78, 5) is 0. The van der Waals surface area contributed by atoms with Gasteiger partial charge in [0.05, 0.1) is 12.3 Å². The predicted octanol–water partition coefficient (Wildman–Crippen LogP) is 1.93. The Labute approximate surface area is 100 Å². The Morgan fingerprint density at radius 3 is 2.71 bits per heavy atom. The largest absolute Gasteiger partial charge is 0.355 e. The molecule has 0 bridgehead atoms. The fourth-order valence-corrected chi connectivity index (χ4v) is 1.52. The number of nitrogens with one attached hydrogen (secondary N) is 1. The van der Waals surface area contributed by atoms with E-state index in [0.29, 0.717) is 6.61 Å². The molecule has 2 aromatic rings. The first-order chi connectivity index (χ1) is 8.24. The van der Waals surface area contributed by atoms with Crippen molar-refractivity contribution < 1.29 is 9.84 Å².